The second-order valence-corrected chi connectivity index (χ2v) is 13.9. The molecule has 0 saturated heterocycles. The summed E-state index contributed by atoms with van der Waals surface area (Å²) in [5, 5.41) is 30.8. The first-order valence-electron chi connectivity index (χ1n) is 16.8. The molecular weight excluding hydrogens is 606 g/mol. The van der Waals surface area contributed by atoms with Gasteiger partial charge in [-0.1, -0.05) is 105 Å². The van der Waals surface area contributed by atoms with Gasteiger partial charge in [0, 0.05) is 18.9 Å². The number of amides is 3. The number of rotatable bonds is 17. The van der Waals surface area contributed by atoms with Gasteiger partial charge in [-0.3, -0.25) is 9.59 Å². The molecule has 3 aromatic rings. The summed E-state index contributed by atoms with van der Waals surface area (Å²) >= 11 is 0. The number of alkyl carbamates (subject to hydrolysis) is 1. The van der Waals surface area contributed by atoms with E-state index < -0.39 is 41.9 Å². The van der Waals surface area contributed by atoms with Crippen LogP contribution in [0.5, 0.6) is 0 Å². The summed E-state index contributed by atoms with van der Waals surface area (Å²) < 4.78 is 5.49. The molecule has 48 heavy (non-hydrogen) atoms. The smallest absolute Gasteiger partial charge is 0.407 e. The highest BCUT2D eigenvalue weighted by molar-refractivity contribution is 5.88. The van der Waals surface area contributed by atoms with E-state index in [2.05, 4.69) is 16.0 Å². The molecule has 0 spiro atoms. The van der Waals surface area contributed by atoms with Gasteiger partial charge < -0.3 is 30.9 Å². The van der Waals surface area contributed by atoms with Crippen molar-refractivity contribution in [1.82, 2.24) is 16.0 Å². The van der Waals surface area contributed by atoms with E-state index in [1.165, 1.54) is 0 Å². The van der Waals surface area contributed by atoms with Gasteiger partial charge in [0.25, 0.3) is 0 Å². The van der Waals surface area contributed by atoms with Crippen molar-refractivity contribution in [2.75, 3.05) is 6.54 Å². The molecule has 0 aliphatic carbocycles. The Labute approximate surface area is 285 Å². The van der Waals surface area contributed by atoms with Gasteiger partial charge in [0.15, 0.2) is 0 Å². The predicted octanol–water partition coefficient (Wildman–Crippen LogP) is 4.98. The number of hydrogen-bond donors (Lipinski definition) is 5. The maximum atomic E-state index is 14.0. The van der Waals surface area contributed by atoms with E-state index >= 15 is 0 Å². The summed E-state index contributed by atoms with van der Waals surface area (Å²) in [5.74, 6) is -1.37. The molecule has 3 amide bonds. The third-order valence-corrected chi connectivity index (χ3v) is 7.85. The zero-order valence-electron chi connectivity index (χ0n) is 28.9. The van der Waals surface area contributed by atoms with Crippen molar-refractivity contribution in [2.45, 2.75) is 96.6 Å². The summed E-state index contributed by atoms with van der Waals surface area (Å²) in [6.45, 7) is 9.29. The fourth-order valence-corrected chi connectivity index (χ4v) is 5.54. The van der Waals surface area contributed by atoms with Crippen LogP contribution < -0.4 is 16.0 Å². The highest BCUT2D eigenvalue weighted by atomic mass is 16.6. The first kappa shape index (κ1) is 38.2. The molecule has 9 heteroatoms. The molecule has 0 bridgehead atoms. The Kier molecular flexibility index (Phi) is 15.1. The van der Waals surface area contributed by atoms with Crippen LogP contribution in [0.3, 0.4) is 0 Å². The zero-order chi connectivity index (χ0) is 35.1. The van der Waals surface area contributed by atoms with Crippen molar-refractivity contribution < 1.29 is 29.3 Å². The Morgan fingerprint density at radius 1 is 0.688 bits per heavy atom. The number of nitrogens with one attached hydrogen (secondary N) is 3. The van der Waals surface area contributed by atoms with E-state index in [0.29, 0.717) is 25.7 Å². The van der Waals surface area contributed by atoms with E-state index in [0.717, 1.165) is 16.7 Å². The second kappa shape index (κ2) is 19.0. The molecule has 0 saturated carbocycles. The first-order chi connectivity index (χ1) is 22.8. The van der Waals surface area contributed by atoms with E-state index in [9.17, 15) is 24.6 Å². The number of aliphatic hydroxyl groups excluding tert-OH is 2. The number of aliphatic hydroxyl groups is 2. The summed E-state index contributed by atoms with van der Waals surface area (Å²) in [6.07, 6.45) is -1.10. The van der Waals surface area contributed by atoms with Crippen LogP contribution in [-0.2, 0) is 33.6 Å². The van der Waals surface area contributed by atoms with E-state index in [1.54, 1.807) is 20.8 Å². The van der Waals surface area contributed by atoms with Gasteiger partial charge in [-0.25, -0.2) is 4.79 Å². The first-order valence-corrected chi connectivity index (χ1v) is 16.8. The molecule has 5 N–H and O–H groups in total. The lowest BCUT2D eigenvalue weighted by Crippen LogP contribution is -2.52. The Balaban J connectivity index is 1.77. The van der Waals surface area contributed by atoms with Crippen LogP contribution >= 0.6 is 0 Å². The van der Waals surface area contributed by atoms with Gasteiger partial charge in [0.05, 0.1) is 18.2 Å². The topological polar surface area (TPSA) is 137 Å². The van der Waals surface area contributed by atoms with Gasteiger partial charge in [0.2, 0.25) is 11.8 Å². The van der Waals surface area contributed by atoms with Crippen LogP contribution in [0.25, 0.3) is 0 Å². The third kappa shape index (κ3) is 14.3. The van der Waals surface area contributed by atoms with Crippen molar-refractivity contribution >= 4 is 17.9 Å². The lowest BCUT2D eigenvalue weighted by Gasteiger charge is -2.30. The highest BCUT2D eigenvalue weighted by Crippen LogP contribution is 2.20. The fourth-order valence-electron chi connectivity index (χ4n) is 5.54. The minimum Gasteiger partial charge on any atom is -0.444 e. The minimum absolute atomic E-state index is 0.0276. The number of carbonyl (C=O) groups is 3. The van der Waals surface area contributed by atoms with Crippen LogP contribution in [0.1, 0.15) is 64.2 Å². The standard InChI is InChI=1S/C39H53N3O6/c1-27(2)21-34(37(46)40-26-32(43)23-29-17-11-7-12-18-29)41-36(45)31(22-28-15-9-6-10-16-28)25-35(44)33(24-30-19-13-8-14-20-30)42-38(47)48-39(3,4)5/h6-20,27,31-35,43-44H,21-26H2,1-5H3,(H,40,46)(H,41,45)(H,42,47)/t31-,32+,33+,34+,35+/m1/s1. The van der Waals surface area contributed by atoms with Gasteiger partial charge >= 0.3 is 6.09 Å². The van der Waals surface area contributed by atoms with Crippen LogP contribution in [0.15, 0.2) is 91.0 Å². The summed E-state index contributed by atoms with van der Waals surface area (Å²) in [4.78, 5) is 40.2. The van der Waals surface area contributed by atoms with E-state index in [4.69, 9.17) is 4.74 Å². The molecule has 0 aliphatic heterocycles. The Bertz CT molecular complexity index is 1400. The predicted molar refractivity (Wildman–Crippen MR) is 188 cm³/mol. The number of hydrogen-bond acceptors (Lipinski definition) is 6. The van der Waals surface area contributed by atoms with Gasteiger partial charge in [-0.2, -0.15) is 0 Å². The third-order valence-electron chi connectivity index (χ3n) is 7.85. The Hall–Kier alpha value is -4.21. The van der Waals surface area contributed by atoms with Crippen LogP contribution in [0.4, 0.5) is 4.79 Å². The van der Waals surface area contributed by atoms with Crippen molar-refractivity contribution in [3.8, 4) is 0 Å². The number of carbonyl (C=O) groups excluding carboxylic acids is 3. The van der Waals surface area contributed by atoms with Gasteiger partial charge in [-0.05, 0) is 69.1 Å². The quantitative estimate of drug-likeness (QED) is 0.139. The van der Waals surface area contributed by atoms with Crippen molar-refractivity contribution in [3.05, 3.63) is 108 Å². The average Bonchev–Trinajstić information content (AvgIpc) is 3.03. The van der Waals surface area contributed by atoms with Gasteiger partial charge in [-0.15, -0.1) is 0 Å². The molecular formula is C39H53N3O6. The fraction of sp³-hybridized carbons (Fsp3) is 0.462. The van der Waals surface area contributed by atoms with Crippen molar-refractivity contribution in [2.24, 2.45) is 11.8 Å². The van der Waals surface area contributed by atoms with Crippen molar-refractivity contribution in [1.29, 1.82) is 0 Å². The van der Waals surface area contributed by atoms with Crippen molar-refractivity contribution in [3.63, 3.8) is 0 Å². The van der Waals surface area contributed by atoms with Crippen LogP contribution in [0.2, 0.25) is 0 Å². The molecule has 3 rings (SSSR count). The summed E-state index contributed by atoms with van der Waals surface area (Å²) in [5.41, 5.74) is 2.04. The molecule has 0 radical (unpaired) electrons. The van der Waals surface area contributed by atoms with Crippen LogP contribution in [-0.4, -0.2) is 64.6 Å². The average molecular weight is 660 g/mol. The molecule has 0 fully saturated rings. The maximum Gasteiger partial charge on any atom is 0.407 e. The Morgan fingerprint density at radius 3 is 1.69 bits per heavy atom. The molecule has 9 nitrogen and oxygen atoms in total. The number of benzene rings is 3. The lowest BCUT2D eigenvalue weighted by molar-refractivity contribution is -0.132. The monoisotopic (exact) mass is 659 g/mol. The molecule has 3 aromatic carbocycles. The molecule has 0 unspecified atom stereocenters. The molecule has 0 aromatic heterocycles. The highest BCUT2D eigenvalue weighted by Gasteiger charge is 2.32. The Morgan fingerprint density at radius 2 is 1.19 bits per heavy atom. The largest absolute Gasteiger partial charge is 0.444 e. The maximum absolute atomic E-state index is 14.0. The molecule has 0 heterocycles. The summed E-state index contributed by atoms with van der Waals surface area (Å²) in [6, 6.07) is 27.0. The normalized spacial score (nSPS) is 14.7. The zero-order valence-corrected chi connectivity index (χ0v) is 28.9. The SMILES string of the molecule is CC(C)C[C@H](NC(=O)[C@H](Cc1ccccc1)C[C@H](O)[C@H](Cc1ccccc1)NC(=O)OC(C)(C)C)C(=O)NC[C@@H](O)Cc1ccccc1. The van der Waals surface area contributed by atoms with E-state index in [1.807, 2.05) is 105 Å². The lowest BCUT2D eigenvalue weighted by atomic mass is 9.88. The van der Waals surface area contributed by atoms with Crippen LogP contribution in [0, 0.1) is 11.8 Å². The van der Waals surface area contributed by atoms with Gasteiger partial charge in [0.1, 0.15) is 11.6 Å². The number of ether oxygens (including phenoxy) is 1. The summed E-state index contributed by atoms with van der Waals surface area (Å²) in [7, 11) is 0. The molecule has 0 aliphatic rings. The van der Waals surface area contributed by atoms with E-state index in [-0.39, 0.29) is 30.7 Å². The second-order valence-electron chi connectivity index (χ2n) is 13.9. The molecule has 260 valence electrons. The minimum atomic E-state index is -1.11. The molecule has 5 atom stereocenters.